The van der Waals surface area contributed by atoms with Gasteiger partial charge in [-0.3, -0.25) is 0 Å². The Morgan fingerprint density at radius 1 is 0.410 bits per heavy atom. The average Bonchev–Trinajstić information content (AvgIpc) is 3.78. The fourth-order valence-corrected chi connectivity index (χ4v) is 12.4. The van der Waals surface area contributed by atoms with Crippen molar-refractivity contribution in [3.63, 3.8) is 0 Å². The molecule has 0 amide bonds. The van der Waals surface area contributed by atoms with E-state index in [9.17, 15) is 0 Å². The van der Waals surface area contributed by atoms with E-state index in [1.807, 2.05) is 0 Å². The third kappa shape index (κ3) is 3.66. The van der Waals surface area contributed by atoms with Gasteiger partial charge in [-0.1, -0.05) is 87.4 Å². The van der Waals surface area contributed by atoms with Crippen LogP contribution in [-0.4, -0.2) is 22.6 Å². The van der Waals surface area contributed by atoms with Gasteiger partial charge >= 0.3 is 0 Å². The number of fused-ring (bicyclic) bond motifs is 4. The lowest BCUT2D eigenvalue weighted by atomic mass is 9.59. The third-order valence-corrected chi connectivity index (χ3v) is 14.0. The quantitative estimate of drug-likeness (QED) is 0.360. The third-order valence-electron chi connectivity index (χ3n) is 14.0. The van der Waals surface area contributed by atoms with Gasteiger partial charge in [-0.05, 0) is 77.0 Å². The Labute approximate surface area is 237 Å². The monoisotopic (exact) mass is 534 g/mol. The zero-order valence-corrected chi connectivity index (χ0v) is 24.6. The molecule has 8 aliphatic rings. The van der Waals surface area contributed by atoms with Crippen molar-refractivity contribution in [2.75, 3.05) is 0 Å². The number of rotatable bonds is 4. The van der Waals surface area contributed by atoms with E-state index in [1.165, 1.54) is 166 Å². The molecule has 6 fully saturated rings. The molecular weight excluding hydrogens is 480 g/mol. The highest BCUT2D eigenvalue weighted by atomic mass is 16.7. The highest BCUT2D eigenvalue weighted by Crippen LogP contribution is 2.66. The summed E-state index contributed by atoms with van der Waals surface area (Å²) in [6, 6.07) is 0. The van der Waals surface area contributed by atoms with Crippen LogP contribution < -0.4 is 0 Å². The molecular formula is C35H54N2O2. The van der Waals surface area contributed by atoms with Crippen molar-refractivity contribution >= 4 is 11.4 Å². The van der Waals surface area contributed by atoms with Gasteiger partial charge in [-0.2, -0.15) is 0 Å². The zero-order chi connectivity index (χ0) is 25.9. The summed E-state index contributed by atoms with van der Waals surface area (Å²) in [4.78, 5) is 14.0. The first kappa shape index (κ1) is 25.6. The number of oxime groups is 2. The van der Waals surface area contributed by atoms with Crippen LogP contribution in [0.5, 0.6) is 0 Å². The van der Waals surface area contributed by atoms with E-state index < -0.39 is 0 Å². The molecule has 8 rings (SSSR count). The Kier molecular flexibility index (Phi) is 6.60. The molecule has 6 saturated carbocycles. The molecule has 0 unspecified atom stereocenters. The molecule has 2 heterocycles. The molecule has 0 aromatic heterocycles. The molecule has 2 atom stereocenters. The molecule has 0 aromatic carbocycles. The summed E-state index contributed by atoms with van der Waals surface area (Å²) in [6.07, 6.45) is 32.8. The summed E-state index contributed by atoms with van der Waals surface area (Å²) in [5.74, 6) is 3.89. The maximum absolute atomic E-state index is 7.00. The largest absolute Gasteiger partial charge is 0.388 e. The minimum atomic E-state index is -0.0123. The Balaban J connectivity index is 1.12. The van der Waals surface area contributed by atoms with E-state index in [4.69, 9.17) is 20.0 Å². The van der Waals surface area contributed by atoms with E-state index in [-0.39, 0.29) is 16.6 Å². The van der Waals surface area contributed by atoms with Gasteiger partial charge in [0.2, 0.25) is 0 Å². The van der Waals surface area contributed by atoms with E-state index in [0.717, 1.165) is 0 Å². The molecule has 1 spiro atoms. The average molecular weight is 535 g/mol. The smallest absolute Gasteiger partial charge is 0.151 e. The SMILES string of the molecule is C1CCC(C2(C3CCCCC3)ON=C3[C@@H]2CCC32CC[C@H]3C2=NOC3(C2CCCCC2)C2CCCCC2)CC1. The summed E-state index contributed by atoms with van der Waals surface area (Å²) < 4.78 is 0. The highest BCUT2D eigenvalue weighted by molar-refractivity contribution is 6.17. The molecule has 0 N–H and O–H groups in total. The molecule has 0 aromatic rings. The normalized spacial score (nSPS) is 36.7. The first-order chi connectivity index (χ1) is 19.3. The molecule has 0 bridgehead atoms. The minimum absolute atomic E-state index is 0.0123. The highest BCUT2D eigenvalue weighted by Gasteiger charge is 2.71. The van der Waals surface area contributed by atoms with Crippen LogP contribution in [0.25, 0.3) is 0 Å². The Hall–Kier alpha value is -1.06. The Morgan fingerprint density at radius 2 is 0.718 bits per heavy atom. The van der Waals surface area contributed by atoms with Crippen molar-refractivity contribution in [2.45, 2.75) is 165 Å². The van der Waals surface area contributed by atoms with Crippen LogP contribution in [0.4, 0.5) is 0 Å². The van der Waals surface area contributed by atoms with Gasteiger partial charge in [0.15, 0.2) is 11.2 Å². The fourth-order valence-electron chi connectivity index (χ4n) is 12.4. The molecule has 2 aliphatic heterocycles. The predicted molar refractivity (Wildman–Crippen MR) is 157 cm³/mol. The maximum Gasteiger partial charge on any atom is 0.151 e. The fraction of sp³-hybridized carbons (Fsp3) is 0.943. The molecule has 0 saturated heterocycles. The summed E-state index contributed by atoms with van der Waals surface area (Å²) in [7, 11) is 0. The van der Waals surface area contributed by atoms with Crippen LogP contribution in [0.15, 0.2) is 10.3 Å². The maximum atomic E-state index is 7.00. The number of hydrogen-bond acceptors (Lipinski definition) is 4. The lowest BCUT2D eigenvalue weighted by Crippen LogP contribution is -2.54. The van der Waals surface area contributed by atoms with Gasteiger partial charge in [-0.25, -0.2) is 0 Å². The van der Waals surface area contributed by atoms with Crippen molar-refractivity contribution in [1.29, 1.82) is 0 Å². The van der Waals surface area contributed by atoms with Gasteiger partial charge in [-0.15, -0.1) is 0 Å². The molecule has 39 heavy (non-hydrogen) atoms. The van der Waals surface area contributed by atoms with Gasteiger partial charge < -0.3 is 9.68 Å². The lowest BCUT2D eigenvalue weighted by molar-refractivity contribution is -0.147. The standard InChI is InChI=1S/C35H54N2O2/c1-5-13-25(14-6-1)34(26-15-7-2-8-16-26)29-21-23-33(31(29)36-38-34)24-22-30-32(33)37-39-35(30,27-17-9-3-10-18-27)28-19-11-4-12-20-28/h25-30H,1-24H2/t29-,30-,33?/m0/s1. The van der Waals surface area contributed by atoms with E-state index in [0.29, 0.717) is 35.5 Å². The lowest BCUT2D eigenvalue weighted by Gasteiger charge is -2.47. The Morgan fingerprint density at radius 3 is 1.03 bits per heavy atom. The summed E-state index contributed by atoms with van der Waals surface area (Å²) in [5, 5.41) is 10.5. The topological polar surface area (TPSA) is 43.2 Å². The zero-order valence-electron chi connectivity index (χ0n) is 24.6. The van der Waals surface area contributed by atoms with Crippen LogP contribution in [0, 0.1) is 40.9 Å². The van der Waals surface area contributed by atoms with E-state index in [1.54, 1.807) is 0 Å². The molecule has 6 aliphatic carbocycles. The number of hydrogen-bond donors (Lipinski definition) is 0. The van der Waals surface area contributed by atoms with Crippen LogP contribution in [0.1, 0.15) is 154 Å². The van der Waals surface area contributed by atoms with E-state index in [2.05, 4.69) is 0 Å². The van der Waals surface area contributed by atoms with Crippen molar-refractivity contribution in [2.24, 2.45) is 51.2 Å². The minimum Gasteiger partial charge on any atom is -0.388 e. The second-order valence-electron chi connectivity index (χ2n) is 15.4. The van der Waals surface area contributed by atoms with Crippen molar-refractivity contribution in [3.8, 4) is 0 Å². The first-order valence-electron chi connectivity index (χ1n) is 17.8. The van der Waals surface area contributed by atoms with Crippen molar-refractivity contribution in [3.05, 3.63) is 0 Å². The molecule has 0 radical (unpaired) electrons. The molecule has 216 valence electrons. The van der Waals surface area contributed by atoms with Crippen molar-refractivity contribution in [1.82, 2.24) is 0 Å². The second-order valence-corrected chi connectivity index (χ2v) is 15.4. The van der Waals surface area contributed by atoms with Gasteiger partial charge in [0.05, 0.1) is 16.8 Å². The Bertz CT molecular complexity index is 847. The summed E-state index contributed by atoms with van der Waals surface area (Å²) in [5.41, 5.74) is 2.92. The predicted octanol–water partition coefficient (Wildman–Crippen LogP) is 9.36. The van der Waals surface area contributed by atoms with Gasteiger partial charge in [0, 0.05) is 35.5 Å². The summed E-state index contributed by atoms with van der Waals surface area (Å²) in [6.45, 7) is 0. The number of nitrogens with zero attached hydrogens (tertiary/aromatic N) is 2. The van der Waals surface area contributed by atoms with Crippen LogP contribution in [0.3, 0.4) is 0 Å². The van der Waals surface area contributed by atoms with Crippen LogP contribution in [0.2, 0.25) is 0 Å². The van der Waals surface area contributed by atoms with Gasteiger partial charge in [0.25, 0.3) is 0 Å². The van der Waals surface area contributed by atoms with Gasteiger partial charge in [0.1, 0.15) is 0 Å². The van der Waals surface area contributed by atoms with Crippen LogP contribution >= 0.6 is 0 Å². The molecule has 4 nitrogen and oxygen atoms in total. The first-order valence-corrected chi connectivity index (χ1v) is 17.8. The van der Waals surface area contributed by atoms with Crippen molar-refractivity contribution < 1.29 is 9.68 Å². The second kappa shape index (κ2) is 10.0. The van der Waals surface area contributed by atoms with E-state index >= 15 is 0 Å². The summed E-state index contributed by atoms with van der Waals surface area (Å²) >= 11 is 0. The van der Waals surface area contributed by atoms with Crippen LogP contribution in [-0.2, 0) is 9.68 Å². The molecule has 4 heteroatoms.